The molecule has 27 heavy (non-hydrogen) atoms. The summed E-state index contributed by atoms with van der Waals surface area (Å²) in [6.45, 7) is 0. The van der Waals surface area contributed by atoms with E-state index in [1.807, 2.05) is 12.1 Å². The first-order valence-corrected chi connectivity index (χ1v) is 12.1. The molecule has 0 aromatic heterocycles. The Labute approximate surface area is 185 Å². The van der Waals surface area contributed by atoms with E-state index in [-0.39, 0.29) is 16.4 Å². The van der Waals surface area contributed by atoms with E-state index in [1.54, 1.807) is 12.1 Å². The van der Waals surface area contributed by atoms with Crippen LogP contribution < -0.4 is 4.74 Å². The predicted octanol–water partition coefficient (Wildman–Crippen LogP) is 5.41. The van der Waals surface area contributed by atoms with Gasteiger partial charge in [0.15, 0.2) is 0 Å². The number of benzene rings is 2. The van der Waals surface area contributed by atoms with Crippen molar-refractivity contribution < 1.29 is 22.5 Å². The predicted molar refractivity (Wildman–Crippen MR) is 119 cm³/mol. The number of hydrogen-bond donors (Lipinski definition) is 1. The third kappa shape index (κ3) is 5.21. The molecule has 0 bridgehead atoms. The standard InChI is InChI=1S/C19H18I2O5S/c20-14-7-8-16(21)17(11-14)26-19(22)13-6-9-18(27(23,24)25)15(10-13)12-4-2-1-3-5-12/h6-12H,1-5H2,(H,23,24,25). The topological polar surface area (TPSA) is 80.7 Å². The van der Waals surface area contributed by atoms with Gasteiger partial charge in [-0.3, -0.25) is 4.55 Å². The summed E-state index contributed by atoms with van der Waals surface area (Å²) in [6.07, 6.45) is 4.81. The summed E-state index contributed by atoms with van der Waals surface area (Å²) >= 11 is 4.24. The van der Waals surface area contributed by atoms with Gasteiger partial charge in [0.05, 0.1) is 14.0 Å². The largest absolute Gasteiger partial charge is 0.422 e. The third-order valence-corrected chi connectivity index (χ3v) is 7.15. The Morgan fingerprint density at radius 2 is 1.74 bits per heavy atom. The third-order valence-electron chi connectivity index (χ3n) is 4.66. The monoisotopic (exact) mass is 612 g/mol. The normalized spacial score (nSPS) is 15.5. The van der Waals surface area contributed by atoms with Crippen molar-refractivity contribution in [2.75, 3.05) is 0 Å². The molecule has 8 heteroatoms. The summed E-state index contributed by atoms with van der Waals surface area (Å²) in [7, 11) is -4.35. The fourth-order valence-electron chi connectivity index (χ4n) is 3.36. The van der Waals surface area contributed by atoms with Gasteiger partial charge in [0.2, 0.25) is 0 Å². The highest BCUT2D eigenvalue weighted by Crippen LogP contribution is 2.36. The van der Waals surface area contributed by atoms with Gasteiger partial charge in [-0.05, 0) is 106 Å². The Morgan fingerprint density at radius 1 is 1.04 bits per heavy atom. The highest BCUT2D eigenvalue weighted by atomic mass is 127. The molecule has 0 spiro atoms. The number of carbonyl (C=O) groups excluding carboxylic acids is 1. The molecule has 0 aliphatic heterocycles. The molecule has 0 radical (unpaired) electrons. The second-order valence-corrected chi connectivity index (χ2v) is 10.3. The Balaban J connectivity index is 1.96. The number of rotatable bonds is 4. The minimum absolute atomic E-state index is 0.0150. The number of halogens is 2. The zero-order chi connectivity index (χ0) is 19.6. The van der Waals surface area contributed by atoms with Crippen LogP contribution in [0.4, 0.5) is 0 Å². The average molecular weight is 612 g/mol. The fraction of sp³-hybridized carbons (Fsp3) is 0.316. The molecule has 0 amide bonds. The van der Waals surface area contributed by atoms with E-state index in [0.29, 0.717) is 11.3 Å². The molecule has 0 atom stereocenters. The van der Waals surface area contributed by atoms with E-state index >= 15 is 0 Å². The van der Waals surface area contributed by atoms with Crippen molar-refractivity contribution >= 4 is 61.3 Å². The van der Waals surface area contributed by atoms with Crippen molar-refractivity contribution in [3.63, 3.8) is 0 Å². The van der Waals surface area contributed by atoms with Gasteiger partial charge >= 0.3 is 5.97 Å². The highest BCUT2D eigenvalue weighted by Gasteiger charge is 2.25. The summed E-state index contributed by atoms with van der Waals surface area (Å²) in [5.41, 5.74) is 0.779. The molecular weight excluding hydrogens is 594 g/mol. The maximum Gasteiger partial charge on any atom is 0.343 e. The molecule has 3 rings (SSSR count). The van der Waals surface area contributed by atoms with Gasteiger partial charge < -0.3 is 4.74 Å². The highest BCUT2D eigenvalue weighted by molar-refractivity contribution is 14.1. The van der Waals surface area contributed by atoms with Crippen LogP contribution >= 0.6 is 45.2 Å². The molecule has 2 aromatic rings. The number of hydrogen-bond acceptors (Lipinski definition) is 4. The number of carbonyl (C=O) groups is 1. The van der Waals surface area contributed by atoms with E-state index in [1.165, 1.54) is 12.1 Å². The fourth-order valence-corrected chi connectivity index (χ4v) is 5.03. The van der Waals surface area contributed by atoms with Crippen molar-refractivity contribution in [2.45, 2.75) is 42.9 Å². The van der Waals surface area contributed by atoms with Crippen LogP contribution in [0.1, 0.15) is 53.9 Å². The molecule has 2 aromatic carbocycles. The van der Waals surface area contributed by atoms with Gasteiger partial charge in [0.25, 0.3) is 10.1 Å². The van der Waals surface area contributed by atoms with E-state index in [0.717, 1.165) is 39.2 Å². The first-order chi connectivity index (χ1) is 12.8. The van der Waals surface area contributed by atoms with Gasteiger partial charge in [0.1, 0.15) is 5.75 Å². The lowest BCUT2D eigenvalue weighted by Crippen LogP contribution is -2.14. The Morgan fingerprint density at radius 3 is 2.41 bits per heavy atom. The second-order valence-electron chi connectivity index (χ2n) is 6.53. The van der Waals surface area contributed by atoms with Crippen LogP contribution in [0.3, 0.4) is 0 Å². The molecule has 144 valence electrons. The van der Waals surface area contributed by atoms with Gasteiger partial charge in [0, 0.05) is 3.57 Å². The van der Waals surface area contributed by atoms with Crippen molar-refractivity contribution in [3.05, 3.63) is 54.7 Å². The SMILES string of the molecule is O=C(Oc1cc(I)ccc1I)c1ccc(S(=O)(=O)O)c(C2CCCCC2)c1. The van der Waals surface area contributed by atoms with Crippen LogP contribution in [0.15, 0.2) is 41.3 Å². The summed E-state index contributed by atoms with van der Waals surface area (Å²) in [4.78, 5) is 12.5. The van der Waals surface area contributed by atoms with Crippen LogP contribution in [0.5, 0.6) is 5.75 Å². The molecule has 5 nitrogen and oxygen atoms in total. The zero-order valence-corrected chi connectivity index (χ0v) is 19.5. The van der Waals surface area contributed by atoms with E-state index < -0.39 is 16.1 Å². The van der Waals surface area contributed by atoms with E-state index in [2.05, 4.69) is 45.2 Å². The van der Waals surface area contributed by atoms with E-state index in [9.17, 15) is 17.8 Å². The summed E-state index contributed by atoms with van der Waals surface area (Å²) in [6, 6.07) is 9.80. The quantitative estimate of drug-likeness (QED) is 0.216. The first-order valence-electron chi connectivity index (χ1n) is 8.54. The molecule has 1 fully saturated rings. The lowest BCUT2D eigenvalue weighted by Gasteiger charge is -2.24. The maximum absolute atomic E-state index is 12.6. The Kier molecular flexibility index (Phi) is 6.80. The van der Waals surface area contributed by atoms with Crippen molar-refractivity contribution in [2.24, 2.45) is 0 Å². The van der Waals surface area contributed by atoms with Gasteiger partial charge in [-0.15, -0.1) is 0 Å². The smallest absolute Gasteiger partial charge is 0.343 e. The van der Waals surface area contributed by atoms with Crippen molar-refractivity contribution in [3.8, 4) is 5.75 Å². The minimum Gasteiger partial charge on any atom is -0.422 e. The summed E-state index contributed by atoms with van der Waals surface area (Å²) in [5, 5.41) is 0. The summed E-state index contributed by atoms with van der Waals surface area (Å²) < 4.78 is 40.4. The van der Waals surface area contributed by atoms with Crippen LogP contribution in [0.2, 0.25) is 0 Å². The Hall–Kier alpha value is -0.720. The molecule has 0 unspecified atom stereocenters. The van der Waals surface area contributed by atoms with Crippen LogP contribution in [-0.2, 0) is 10.1 Å². The minimum atomic E-state index is -4.35. The van der Waals surface area contributed by atoms with Crippen LogP contribution in [0.25, 0.3) is 0 Å². The summed E-state index contributed by atoms with van der Waals surface area (Å²) in [5.74, 6) is -0.0688. The lowest BCUT2D eigenvalue weighted by atomic mass is 9.83. The molecule has 1 aliphatic carbocycles. The van der Waals surface area contributed by atoms with Gasteiger partial charge in [-0.1, -0.05) is 19.3 Å². The number of ether oxygens (including phenoxy) is 1. The molecule has 1 saturated carbocycles. The first kappa shape index (κ1) is 21.0. The van der Waals surface area contributed by atoms with Crippen molar-refractivity contribution in [1.82, 2.24) is 0 Å². The van der Waals surface area contributed by atoms with Crippen molar-refractivity contribution in [1.29, 1.82) is 0 Å². The van der Waals surface area contributed by atoms with Gasteiger partial charge in [-0.2, -0.15) is 8.42 Å². The van der Waals surface area contributed by atoms with Crippen LogP contribution in [0, 0.1) is 7.14 Å². The zero-order valence-electron chi connectivity index (χ0n) is 14.3. The maximum atomic E-state index is 12.6. The van der Waals surface area contributed by atoms with Crippen LogP contribution in [-0.4, -0.2) is 18.9 Å². The molecule has 0 saturated heterocycles. The second kappa shape index (κ2) is 8.75. The average Bonchev–Trinajstić information content (AvgIpc) is 2.64. The van der Waals surface area contributed by atoms with Gasteiger partial charge in [-0.25, -0.2) is 4.79 Å². The van der Waals surface area contributed by atoms with E-state index in [4.69, 9.17) is 4.74 Å². The molecule has 0 heterocycles. The lowest BCUT2D eigenvalue weighted by molar-refractivity contribution is 0.0733. The molecular formula is C19H18I2O5S. The Bertz CT molecular complexity index is 966. The molecule has 1 N–H and O–H groups in total. The number of esters is 1. The molecule has 1 aliphatic rings.